The standard InChI is InChI=1S/C12H20N2O3/c1-14(7-10(15)8-17-2)11(16)12(9-13)5-3-4-6-12/h10,15H,3-8H2,1-2H3. The molecule has 1 aliphatic carbocycles. The van der Waals surface area contributed by atoms with Crippen LogP contribution >= 0.6 is 0 Å². The first-order valence-electron chi connectivity index (χ1n) is 5.89. The van der Waals surface area contributed by atoms with Crippen LogP contribution in [0.3, 0.4) is 0 Å². The molecule has 0 saturated heterocycles. The molecule has 1 rings (SSSR count). The van der Waals surface area contributed by atoms with E-state index in [4.69, 9.17) is 4.74 Å². The van der Waals surface area contributed by atoms with Gasteiger partial charge in [-0.25, -0.2) is 0 Å². The molecule has 1 aliphatic rings. The number of aliphatic hydroxyl groups excluding tert-OH is 1. The van der Waals surface area contributed by atoms with Crippen LogP contribution in [0, 0.1) is 16.7 Å². The Morgan fingerprint density at radius 1 is 1.59 bits per heavy atom. The highest BCUT2D eigenvalue weighted by Gasteiger charge is 2.43. The number of hydrogen-bond acceptors (Lipinski definition) is 4. The van der Waals surface area contributed by atoms with Gasteiger partial charge in [-0.1, -0.05) is 12.8 Å². The van der Waals surface area contributed by atoms with Gasteiger partial charge in [0.1, 0.15) is 5.41 Å². The van der Waals surface area contributed by atoms with Crippen molar-refractivity contribution in [2.24, 2.45) is 5.41 Å². The van der Waals surface area contributed by atoms with E-state index in [0.717, 1.165) is 12.8 Å². The Morgan fingerprint density at radius 3 is 2.65 bits per heavy atom. The number of amides is 1. The molecule has 1 fully saturated rings. The normalized spacial score (nSPS) is 19.6. The Balaban J connectivity index is 2.60. The average molecular weight is 240 g/mol. The number of aliphatic hydroxyl groups is 1. The second-order valence-electron chi connectivity index (χ2n) is 4.70. The van der Waals surface area contributed by atoms with E-state index in [2.05, 4.69) is 6.07 Å². The molecule has 0 spiro atoms. The monoisotopic (exact) mass is 240 g/mol. The van der Waals surface area contributed by atoms with Crippen molar-refractivity contribution in [2.75, 3.05) is 27.3 Å². The summed E-state index contributed by atoms with van der Waals surface area (Å²) >= 11 is 0. The molecule has 1 unspecified atom stereocenters. The number of rotatable bonds is 5. The van der Waals surface area contributed by atoms with Crippen molar-refractivity contribution in [3.63, 3.8) is 0 Å². The second-order valence-corrected chi connectivity index (χ2v) is 4.70. The predicted molar refractivity (Wildman–Crippen MR) is 62.0 cm³/mol. The van der Waals surface area contributed by atoms with E-state index in [1.54, 1.807) is 7.05 Å². The largest absolute Gasteiger partial charge is 0.389 e. The van der Waals surface area contributed by atoms with E-state index in [1.807, 2.05) is 0 Å². The van der Waals surface area contributed by atoms with E-state index in [1.165, 1.54) is 12.0 Å². The van der Waals surface area contributed by atoms with Crippen molar-refractivity contribution in [1.82, 2.24) is 4.90 Å². The van der Waals surface area contributed by atoms with Gasteiger partial charge >= 0.3 is 0 Å². The highest BCUT2D eigenvalue weighted by Crippen LogP contribution is 2.38. The van der Waals surface area contributed by atoms with Crippen LogP contribution in [0.25, 0.3) is 0 Å². The summed E-state index contributed by atoms with van der Waals surface area (Å²) in [7, 11) is 3.12. The molecule has 5 heteroatoms. The lowest BCUT2D eigenvalue weighted by atomic mass is 9.86. The zero-order chi connectivity index (χ0) is 12.9. The van der Waals surface area contributed by atoms with Crippen LogP contribution in [-0.4, -0.2) is 49.3 Å². The van der Waals surface area contributed by atoms with Gasteiger partial charge in [0.25, 0.3) is 0 Å². The lowest BCUT2D eigenvalue weighted by Gasteiger charge is -2.28. The first kappa shape index (κ1) is 13.9. The summed E-state index contributed by atoms with van der Waals surface area (Å²) in [5.74, 6) is -0.173. The van der Waals surface area contributed by atoms with Crippen molar-refractivity contribution in [2.45, 2.75) is 31.8 Å². The first-order valence-corrected chi connectivity index (χ1v) is 5.89. The molecule has 0 heterocycles. The van der Waals surface area contributed by atoms with Crippen LogP contribution < -0.4 is 0 Å². The Bertz CT molecular complexity index is 305. The third kappa shape index (κ3) is 3.18. The SMILES string of the molecule is COCC(O)CN(C)C(=O)C1(C#N)CCCC1. The Hall–Kier alpha value is -1.12. The maximum atomic E-state index is 12.2. The molecule has 0 aliphatic heterocycles. The highest BCUT2D eigenvalue weighted by atomic mass is 16.5. The van der Waals surface area contributed by atoms with Crippen molar-refractivity contribution in [1.29, 1.82) is 5.26 Å². The van der Waals surface area contributed by atoms with Gasteiger partial charge < -0.3 is 14.7 Å². The third-order valence-electron chi connectivity index (χ3n) is 3.27. The van der Waals surface area contributed by atoms with Crippen LogP contribution in [0.4, 0.5) is 0 Å². The van der Waals surface area contributed by atoms with E-state index in [9.17, 15) is 15.2 Å². The molecule has 1 N–H and O–H groups in total. The summed E-state index contributed by atoms with van der Waals surface area (Å²) < 4.78 is 4.81. The molecular formula is C12H20N2O3. The van der Waals surface area contributed by atoms with Gasteiger partial charge in [-0.15, -0.1) is 0 Å². The molecule has 0 aromatic rings. The van der Waals surface area contributed by atoms with Gasteiger partial charge in [-0.2, -0.15) is 5.26 Å². The molecule has 1 amide bonds. The van der Waals surface area contributed by atoms with Crippen LogP contribution in [0.2, 0.25) is 0 Å². The molecule has 0 radical (unpaired) electrons. The number of ether oxygens (including phenoxy) is 1. The third-order valence-corrected chi connectivity index (χ3v) is 3.27. The van der Waals surface area contributed by atoms with Crippen molar-refractivity contribution in [3.8, 4) is 6.07 Å². The number of nitriles is 1. The fourth-order valence-electron chi connectivity index (χ4n) is 2.36. The van der Waals surface area contributed by atoms with E-state index < -0.39 is 11.5 Å². The fraction of sp³-hybridized carbons (Fsp3) is 0.833. The second kappa shape index (κ2) is 5.99. The average Bonchev–Trinajstić information content (AvgIpc) is 2.78. The topological polar surface area (TPSA) is 73.6 Å². The zero-order valence-electron chi connectivity index (χ0n) is 10.5. The van der Waals surface area contributed by atoms with Crippen LogP contribution in [0.15, 0.2) is 0 Å². The Kier molecular flexibility index (Phi) is 4.91. The minimum absolute atomic E-state index is 0.173. The Labute approximate surface area is 102 Å². The number of methoxy groups -OCH3 is 1. The van der Waals surface area contributed by atoms with Gasteiger partial charge in [0.15, 0.2) is 0 Å². The van der Waals surface area contributed by atoms with E-state index in [0.29, 0.717) is 12.8 Å². The summed E-state index contributed by atoms with van der Waals surface area (Å²) in [4.78, 5) is 13.6. The molecular weight excluding hydrogens is 220 g/mol. The molecule has 0 bridgehead atoms. The van der Waals surface area contributed by atoms with Crippen molar-refractivity contribution < 1.29 is 14.6 Å². The number of carbonyl (C=O) groups is 1. The highest BCUT2D eigenvalue weighted by molar-refractivity contribution is 5.85. The minimum atomic E-state index is -0.860. The zero-order valence-corrected chi connectivity index (χ0v) is 10.5. The van der Waals surface area contributed by atoms with Gasteiger partial charge in [0, 0.05) is 20.7 Å². The molecule has 0 aromatic carbocycles. The molecule has 1 atom stereocenters. The number of likely N-dealkylation sites (N-methyl/N-ethyl adjacent to an activating group) is 1. The maximum Gasteiger partial charge on any atom is 0.242 e. The summed E-state index contributed by atoms with van der Waals surface area (Å²) in [6.45, 7) is 0.396. The van der Waals surface area contributed by atoms with Crippen molar-refractivity contribution >= 4 is 5.91 Å². The molecule has 96 valence electrons. The van der Waals surface area contributed by atoms with Crippen molar-refractivity contribution in [3.05, 3.63) is 0 Å². The van der Waals surface area contributed by atoms with Gasteiger partial charge in [0.05, 0.1) is 18.8 Å². The molecule has 17 heavy (non-hydrogen) atoms. The lowest BCUT2D eigenvalue weighted by molar-refractivity contribution is -0.139. The lowest BCUT2D eigenvalue weighted by Crippen LogP contribution is -2.43. The van der Waals surface area contributed by atoms with Gasteiger partial charge in [0.2, 0.25) is 5.91 Å². The number of nitrogens with zero attached hydrogens (tertiary/aromatic N) is 2. The van der Waals surface area contributed by atoms with Gasteiger partial charge in [-0.3, -0.25) is 4.79 Å². The van der Waals surface area contributed by atoms with Crippen LogP contribution in [0.1, 0.15) is 25.7 Å². The summed E-state index contributed by atoms with van der Waals surface area (Å²) in [6.07, 6.45) is 2.41. The molecule has 1 saturated carbocycles. The maximum absolute atomic E-state index is 12.2. The van der Waals surface area contributed by atoms with Crippen LogP contribution in [0.5, 0.6) is 0 Å². The summed E-state index contributed by atoms with van der Waals surface area (Å²) in [6, 6.07) is 2.16. The summed E-state index contributed by atoms with van der Waals surface area (Å²) in [5.41, 5.74) is -0.860. The first-order chi connectivity index (χ1) is 8.05. The van der Waals surface area contributed by atoms with E-state index >= 15 is 0 Å². The molecule has 5 nitrogen and oxygen atoms in total. The molecule has 0 aromatic heterocycles. The minimum Gasteiger partial charge on any atom is -0.389 e. The fourth-order valence-corrected chi connectivity index (χ4v) is 2.36. The number of hydrogen-bond donors (Lipinski definition) is 1. The predicted octanol–water partition coefficient (Wildman–Crippen LogP) is 0.536. The quantitative estimate of drug-likeness (QED) is 0.761. The number of carbonyl (C=O) groups excluding carboxylic acids is 1. The van der Waals surface area contributed by atoms with Crippen LogP contribution in [-0.2, 0) is 9.53 Å². The van der Waals surface area contributed by atoms with E-state index in [-0.39, 0.29) is 19.1 Å². The smallest absolute Gasteiger partial charge is 0.242 e. The van der Waals surface area contributed by atoms with Gasteiger partial charge in [-0.05, 0) is 12.8 Å². The Morgan fingerprint density at radius 2 is 2.18 bits per heavy atom. The summed E-state index contributed by atoms with van der Waals surface area (Å²) in [5, 5.41) is 18.8.